The van der Waals surface area contributed by atoms with Gasteiger partial charge in [-0.2, -0.15) is 4.31 Å². The number of anilines is 1. The van der Waals surface area contributed by atoms with Gasteiger partial charge in [0.15, 0.2) is 0 Å². The number of para-hydroxylation sites is 1. The van der Waals surface area contributed by atoms with Crippen LogP contribution in [0.5, 0.6) is 0 Å². The molecule has 7 nitrogen and oxygen atoms in total. The number of hydrogen-bond donors (Lipinski definition) is 1. The van der Waals surface area contributed by atoms with Crippen LogP contribution >= 0.6 is 22.7 Å². The molecule has 1 aliphatic carbocycles. The largest absolute Gasteiger partial charge is 0.313 e. The molecule has 2 aliphatic rings. The smallest absolute Gasteiger partial charge is 0.256 e. The summed E-state index contributed by atoms with van der Waals surface area (Å²) in [6.45, 7) is 6.25. The van der Waals surface area contributed by atoms with Crippen molar-refractivity contribution in [1.82, 2.24) is 14.2 Å². The van der Waals surface area contributed by atoms with Crippen molar-refractivity contribution in [2.75, 3.05) is 18.9 Å². The molecule has 0 bridgehead atoms. The summed E-state index contributed by atoms with van der Waals surface area (Å²) < 4.78 is 29.2. The van der Waals surface area contributed by atoms with Gasteiger partial charge in [-0.1, -0.05) is 31.4 Å². The highest BCUT2D eigenvalue weighted by Crippen LogP contribution is 2.46. The minimum atomic E-state index is -3.62. The predicted molar refractivity (Wildman–Crippen MR) is 168 cm³/mol. The van der Waals surface area contributed by atoms with Crippen LogP contribution < -0.4 is 5.32 Å². The fourth-order valence-electron chi connectivity index (χ4n) is 5.92. The first-order valence-electron chi connectivity index (χ1n) is 14.4. The summed E-state index contributed by atoms with van der Waals surface area (Å²) in [6.07, 6.45) is 5.98. The molecule has 1 N–H and O–H groups in total. The summed E-state index contributed by atoms with van der Waals surface area (Å²) >= 11 is 3.28. The fourth-order valence-corrected chi connectivity index (χ4v) is 9.71. The molecule has 0 atom stereocenters. The second-order valence-electron chi connectivity index (χ2n) is 11.3. The monoisotopic (exact) mass is 608 g/mol. The van der Waals surface area contributed by atoms with E-state index in [1.165, 1.54) is 14.7 Å². The van der Waals surface area contributed by atoms with Crippen LogP contribution in [0.1, 0.15) is 66.8 Å². The van der Waals surface area contributed by atoms with Crippen molar-refractivity contribution < 1.29 is 13.2 Å². The third-order valence-corrected chi connectivity index (χ3v) is 12.5. The molecule has 1 fully saturated rings. The van der Waals surface area contributed by atoms with Crippen LogP contribution in [0, 0.1) is 0 Å². The number of aromatic nitrogens is 1. The second kappa shape index (κ2) is 11.6. The Balaban J connectivity index is 1.28. The first-order valence-corrected chi connectivity index (χ1v) is 17.4. The summed E-state index contributed by atoms with van der Waals surface area (Å²) in [5.41, 5.74) is 3.68. The van der Waals surface area contributed by atoms with Gasteiger partial charge in [0.05, 0.1) is 15.1 Å². The Morgan fingerprint density at radius 3 is 2.49 bits per heavy atom. The van der Waals surface area contributed by atoms with Crippen LogP contribution in [0.15, 0.2) is 53.4 Å². The highest BCUT2D eigenvalue weighted by Gasteiger charge is 2.30. The van der Waals surface area contributed by atoms with E-state index in [0.29, 0.717) is 11.6 Å². The first-order chi connectivity index (χ1) is 19.7. The summed E-state index contributed by atoms with van der Waals surface area (Å²) in [5, 5.41) is 4.90. The lowest BCUT2D eigenvalue weighted by Crippen LogP contribution is -2.38. The summed E-state index contributed by atoms with van der Waals surface area (Å²) in [6, 6.07) is 14.9. The Hall–Kier alpha value is -2.63. The number of carbonyl (C=O) groups is 1. The number of thiophene rings is 1. The van der Waals surface area contributed by atoms with E-state index in [4.69, 9.17) is 4.98 Å². The molecule has 1 amide bonds. The van der Waals surface area contributed by atoms with Crippen molar-refractivity contribution >= 4 is 53.8 Å². The van der Waals surface area contributed by atoms with Crippen molar-refractivity contribution in [2.45, 2.75) is 75.9 Å². The number of benzene rings is 2. The Bertz CT molecular complexity index is 1640. The lowest BCUT2D eigenvalue weighted by molar-refractivity contribution is 0.102. The third-order valence-electron chi connectivity index (χ3n) is 8.43. The molecule has 1 saturated carbocycles. The van der Waals surface area contributed by atoms with E-state index < -0.39 is 10.0 Å². The maximum atomic E-state index is 13.5. The Labute approximate surface area is 250 Å². The van der Waals surface area contributed by atoms with E-state index in [9.17, 15) is 13.2 Å². The minimum absolute atomic E-state index is 0.0362. The molecule has 41 heavy (non-hydrogen) atoms. The standard InChI is InChI=1S/C31H36N4O3S3/c1-20(2)35-18-17-24-27(19-35)40-31(28(24)30-32-25-11-7-8-12-26(25)39-30)33-29(36)21-13-15-23(16-14-21)41(37,38)34(3)22-9-5-4-6-10-22/h7-8,11-16,20,22H,4-6,9-10,17-19H2,1-3H3,(H,33,36). The first kappa shape index (κ1) is 28.5. The number of amides is 1. The molecule has 0 unspecified atom stereocenters. The molecular weight excluding hydrogens is 573 g/mol. The second-order valence-corrected chi connectivity index (χ2v) is 15.4. The number of sulfonamides is 1. The molecule has 1 aliphatic heterocycles. The Morgan fingerprint density at radius 1 is 1.05 bits per heavy atom. The predicted octanol–water partition coefficient (Wildman–Crippen LogP) is 7.00. The molecule has 6 rings (SSSR count). The van der Waals surface area contributed by atoms with E-state index in [-0.39, 0.29) is 16.8 Å². The number of carbonyl (C=O) groups excluding carboxylic acids is 1. The zero-order valence-electron chi connectivity index (χ0n) is 23.7. The normalized spacial score (nSPS) is 16.9. The van der Waals surface area contributed by atoms with E-state index in [2.05, 4.69) is 30.1 Å². The molecule has 216 valence electrons. The van der Waals surface area contributed by atoms with Gasteiger partial charge in [0.1, 0.15) is 10.0 Å². The number of thiazole rings is 1. The third kappa shape index (κ3) is 5.60. The molecule has 2 aromatic carbocycles. The van der Waals surface area contributed by atoms with E-state index >= 15 is 0 Å². The average Bonchev–Trinajstić information content (AvgIpc) is 3.57. The van der Waals surface area contributed by atoms with E-state index in [0.717, 1.165) is 77.4 Å². The van der Waals surface area contributed by atoms with Gasteiger partial charge in [-0.25, -0.2) is 13.4 Å². The highest BCUT2D eigenvalue weighted by atomic mass is 32.2. The minimum Gasteiger partial charge on any atom is -0.313 e. The summed E-state index contributed by atoms with van der Waals surface area (Å²) in [4.78, 5) is 22.4. The van der Waals surface area contributed by atoms with E-state index in [1.54, 1.807) is 54.0 Å². The number of hydrogen-bond acceptors (Lipinski definition) is 7. The zero-order chi connectivity index (χ0) is 28.7. The fraction of sp³-hybridized carbons (Fsp3) is 0.419. The van der Waals surface area contributed by atoms with Crippen molar-refractivity contribution in [3.8, 4) is 10.6 Å². The summed E-state index contributed by atoms with van der Waals surface area (Å²) in [7, 11) is -1.94. The molecule has 0 spiro atoms. The summed E-state index contributed by atoms with van der Waals surface area (Å²) in [5.74, 6) is -0.253. The van der Waals surface area contributed by atoms with E-state index in [1.807, 2.05) is 18.2 Å². The van der Waals surface area contributed by atoms with Gasteiger partial charge in [-0.3, -0.25) is 9.69 Å². The van der Waals surface area contributed by atoms with Crippen LogP contribution in [0.4, 0.5) is 5.00 Å². The molecule has 4 aromatic rings. The number of fused-ring (bicyclic) bond motifs is 2. The number of nitrogens with zero attached hydrogens (tertiary/aromatic N) is 3. The highest BCUT2D eigenvalue weighted by molar-refractivity contribution is 7.89. The molecule has 3 heterocycles. The maximum absolute atomic E-state index is 13.5. The quantitative estimate of drug-likeness (QED) is 0.244. The number of rotatable bonds is 7. The topological polar surface area (TPSA) is 82.6 Å². The number of nitrogens with one attached hydrogen (secondary N) is 1. The lowest BCUT2D eigenvalue weighted by Gasteiger charge is -2.30. The van der Waals surface area contributed by atoms with Crippen LogP contribution in [-0.2, 0) is 23.0 Å². The van der Waals surface area contributed by atoms with Crippen molar-refractivity contribution in [3.05, 3.63) is 64.5 Å². The van der Waals surface area contributed by atoms with Gasteiger partial charge in [-0.05, 0) is 75.1 Å². The zero-order valence-corrected chi connectivity index (χ0v) is 26.2. The Kier molecular flexibility index (Phi) is 8.04. The lowest BCUT2D eigenvalue weighted by atomic mass is 9.96. The van der Waals surface area contributed by atoms with Crippen molar-refractivity contribution in [2.24, 2.45) is 0 Å². The van der Waals surface area contributed by atoms with Gasteiger partial charge in [-0.15, -0.1) is 22.7 Å². The van der Waals surface area contributed by atoms with Gasteiger partial charge >= 0.3 is 0 Å². The Morgan fingerprint density at radius 2 is 1.78 bits per heavy atom. The SMILES string of the molecule is CC(C)N1CCc2c(sc(NC(=O)c3ccc(S(=O)(=O)N(C)C4CCCCC4)cc3)c2-c2nc3ccccc3s2)C1. The van der Waals surface area contributed by atoms with Crippen molar-refractivity contribution in [3.63, 3.8) is 0 Å². The van der Waals surface area contributed by atoms with Crippen LogP contribution in [0.2, 0.25) is 0 Å². The van der Waals surface area contributed by atoms with Crippen LogP contribution in [0.25, 0.3) is 20.8 Å². The molecule has 0 saturated heterocycles. The maximum Gasteiger partial charge on any atom is 0.256 e. The van der Waals surface area contributed by atoms with Gasteiger partial charge in [0, 0.05) is 48.2 Å². The molecular formula is C31H36N4O3S3. The van der Waals surface area contributed by atoms with Crippen LogP contribution in [0.3, 0.4) is 0 Å². The molecule has 10 heteroatoms. The molecule has 2 aromatic heterocycles. The van der Waals surface area contributed by atoms with Crippen LogP contribution in [-0.4, -0.2) is 54.2 Å². The van der Waals surface area contributed by atoms with Gasteiger partial charge < -0.3 is 5.32 Å². The molecule has 0 radical (unpaired) electrons. The average molecular weight is 609 g/mol. The van der Waals surface area contributed by atoms with Gasteiger partial charge in [0.25, 0.3) is 5.91 Å². The van der Waals surface area contributed by atoms with Crippen molar-refractivity contribution in [1.29, 1.82) is 0 Å². The van der Waals surface area contributed by atoms with Gasteiger partial charge in [0.2, 0.25) is 10.0 Å².